The second kappa shape index (κ2) is 9.88. The number of aliphatic hydroxyl groups is 1. The lowest BCUT2D eigenvalue weighted by Gasteiger charge is -2.19. The first-order chi connectivity index (χ1) is 14.5. The molecule has 1 N–H and O–H groups in total. The maximum Gasteiger partial charge on any atom is 0.274 e. The van der Waals surface area contributed by atoms with Gasteiger partial charge in [0.2, 0.25) is 0 Å². The first kappa shape index (κ1) is 22.0. The van der Waals surface area contributed by atoms with E-state index in [9.17, 15) is 9.90 Å². The van der Waals surface area contributed by atoms with Gasteiger partial charge in [0, 0.05) is 25.2 Å². The zero-order chi connectivity index (χ0) is 21.7. The topological polar surface area (TPSA) is 53.4 Å². The molecule has 0 bridgehead atoms. The van der Waals surface area contributed by atoms with E-state index in [1.165, 1.54) is 0 Å². The number of aliphatic hydroxyl groups excluding tert-OH is 1. The lowest BCUT2D eigenvalue weighted by Crippen LogP contribution is -2.29. The van der Waals surface area contributed by atoms with Gasteiger partial charge >= 0.3 is 0 Å². The van der Waals surface area contributed by atoms with E-state index in [-0.39, 0.29) is 24.1 Å². The molecule has 1 atom stereocenters. The van der Waals surface area contributed by atoms with Crippen LogP contribution in [0.25, 0.3) is 5.57 Å². The predicted molar refractivity (Wildman–Crippen MR) is 122 cm³/mol. The molecule has 4 nitrogen and oxygen atoms in total. The molecule has 1 aliphatic heterocycles. The van der Waals surface area contributed by atoms with Crippen molar-refractivity contribution in [2.75, 3.05) is 13.1 Å². The Morgan fingerprint density at radius 1 is 1.40 bits per heavy atom. The van der Waals surface area contributed by atoms with Crippen LogP contribution in [0.5, 0.6) is 0 Å². The van der Waals surface area contributed by atoms with Crippen LogP contribution in [0.2, 0.25) is 5.02 Å². The molecule has 0 aliphatic carbocycles. The number of carbonyl (C=O) groups excluding carboxylic acids is 1. The molecule has 0 radical (unpaired) electrons. The second-order valence-electron chi connectivity index (χ2n) is 7.42. The van der Waals surface area contributed by atoms with E-state index in [0.717, 1.165) is 40.7 Å². The Bertz CT molecular complexity index is 996. The van der Waals surface area contributed by atoms with E-state index < -0.39 is 0 Å². The van der Waals surface area contributed by atoms with Crippen molar-refractivity contribution in [3.8, 4) is 0 Å². The Balaban J connectivity index is 1.84. The molecule has 30 heavy (non-hydrogen) atoms. The van der Waals surface area contributed by atoms with Crippen LogP contribution in [0.15, 0.2) is 67.4 Å². The first-order valence-corrected chi connectivity index (χ1v) is 10.5. The van der Waals surface area contributed by atoms with Gasteiger partial charge < -0.3 is 10.0 Å². The Morgan fingerprint density at radius 2 is 2.20 bits per heavy atom. The highest BCUT2D eigenvalue weighted by molar-refractivity contribution is 6.33. The standard InChI is InChI=1S/C25H27ClN2O2/c1-4-7-21(17(3)5-2)18-9-10-22(20(14-18)16-29)19-11-13-28(15-19)25(30)24-23(26)8-6-12-27-24/h4,6-10,12,14,19,29H,1,3,5,11,13,15-16H2,2H3/b21-7+. The number of halogens is 1. The zero-order valence-electron chi connectivity index (χ0n) is 17.3. The molecular weight excluding hydrogens is 396 g/mol. The van der Waals surface area contributed by atoms with Gasteiger partial charge in [-0.3, -0.25) is 4.79 Å². The highest BCUT2D eigenvalue weighted by Crippen LogP contribution is 2.34. The molecular formula is C25H27ClN2O2. The number of pyridine rings is 1. The minimum atomic E-state index is -0.152. The van der Waals surface area contributed by atoms with Gasteiger partial charge in [0.15, 0.2) is 0 Å². The Morgan fingerprint density at radius 3 is 2.87 bits per heavy atom. The summed E-state index contributed by atoms with van der Waals surface area (Å²) in [6, 6.07) is 9.53. The highest BCUT2D eigenvalue weighted by Gasteiger charge is 2.30. The summed E-state index contributed by atoms with van der Waals surface area (Å²) >= 11 is 6.15. The van der Waals surface area contributed by atoms with Crippen LogP contribution in [0.1, 0.15) is 52.9 Å². The van der Waals surface area contributed by atoms with Crippen molar-refractivity contribution in [2.45, 2.75) is 32.3 Å². The van der Waals surface area contributed by atoms with Crippen molar-refractivity contribution >= 4 is 23.1 Å². The first-order valence-electron chi connectivity index (χ1n) is 10.1. The van der Waals surface area contributed by atoms with Crippen molar-refractivity contribution in [3.05, 3.63) is 94.8 Å². The molecule has 0 spiro atoms. The Hall–Kier alpha value is -2.69. The van der Waals surface area contributed by atoms with Crippen LogP contribution in [0, 0.1) is 0 Å². The van der Waals surface area contributed by atoms with E-state index in [1.54, 1.807) is 29.3 Å². The summed E-state index contributed by atoms with van der Waals surface area (Å²) in [5, 5.41) is 10.4. The van der Waals surface area contributed by atoms with Gasteiger partial charge in [-0.05, 0) is 58.9 Å². The second-order valence-corrected chi connectivity index (χ2v) is 7.82. The molecule has 2 aromatic rings. The minimum Gasteiger partial charge on any atom is -0.392 e. The van der Waals surface area contributed by atoms with Gasteiger partial charge in [0.25, 0.3) is 5.91 Å². The summed E-state index contributed by atoms with van der Waals surface area (Å²) in [5.74, 6) is 0.00886. The summed E-state index contributed by atoms with van der Waals surface area (Å²) in [5.41, 5.74) is 5.30. The van der Waals surface area contributed by atoms with Gasteiger partial charge in [0.1, 0.15) is 5.69 Å². The van der Waals surface area contributed by atoms with Gasteiger partial charge in [-0.25, -0.2) is 4.98 Å². The van der Waals surface area contributed by atoms with Crippen LogP contribution in [-0.2, 0) is 6.61 Å². The average molecular weight is 423 g/mol. The summed E-state index contributed by atoms with van der Waals surface area (Å²) in [6.07, 6.45) is 6.96. The third kappa shape index (κ3) is 4.55. The maximum absolute atomic E-state index is 12.8. The van der Waals surface area contributed by atoms with Crippen LogP contribution >= 0.6 is 11.6 Å². The molecule has 5 heteroatoms. The smallest absolute Gasteiger partial charge is 0.274 e. The predicted octanol–water partition coefficient (Wildman–Crippen LogP) is 5.39. The fourth-order valence-electron chi connectivity index (χ4n) is 3.93. The molecule has 1 amide bonds. The lowest BCUT2D eigenvalue weighted by molar-refractivity contribution is 0.0785. The molecule has 156 valence electrons. The van der Waals surface area contributed by atoms with Crippen molar-refractivity contribution in [3.63, 3.8) is 0 Å². The molecule has 1 aromatic carbocycles. The summed E-state index contributed by atoms with van der Waals surface area (Å²) in [4.78, 5) is 18.8. The molecule has 1 aromatic heterocycles. The molecule has 3 rings (SSSR count). The summed E-state index contributed by atoms with van der Waals surface area (Å²) in [6.45, 7) is 11.2. The van der Waals surface area contributed by atoms with Crippen molar-refractivity contribution in [1.82, 2.24) is 9.88 Å². The highest BCUT2D eigenvalue weighted by atomic mass is 35.5. The monoisotopic (exact) mass is 422 g/mol. The van der Waals surface area contributed by atoms with E-state index in [1.807, 2.05) is 12.1 Å². The number of hydrogen-bond acceptors (Lipinski definition) is 3. The largest absolute Gasteiger partial charge is 0.392 e. The minimum absolute atomic E-state index is 0.0559. The van der Waals surface area contributed by atoms with Crippen LogP contribution < -0.4 is 0 Å². The number of likely N-dealkylation sites (tertiary alicyclic amines) is 1. The number of allylic oxidation sites excluding steroid dienone is 4. The fraction of sp³-hybridized carbons (Fsp3) is 0.280. The van der Waals surface area contributed by atoms with E-state index in [2.05, 4.69) is 37.2 Å². The van der Waals surface area contributed by atoms with E-state index in [4.69, 9.17) is 11.6 Å². The molecule has 0 saturated carbocycles. The number of benzene rings is 1. The van der Waals surface area contributed by atoms with Gasteiger partial charge in [-0.2, -0.15) is 0 Å². The fourth-order valence-corrected chi connectivity index (χ4v) is 4.13. The van der Waals surface area contributed by atoms with Crippen molar-refractivity contribution < 1.29 is 9.90 Å². The van der Waals surface area contributed by atoms with E-state index >= 15 is 0 Å². The van der Waals surface area contributed by atoms with Gasteiger partial charge in [-0.15, -0.1) is 0 Å². The Kier molecular flexibility index (Phi) is 7.24. The average Bonchev–Trinajstić information content (AvgIpc) is 3.26. The molecule has 1 unspecified atom stereocenters. The van der Waals surface area contributed by atoms with Gasteiger partial charge in [0.05, 0.1) is 11.6 Å². The number of carbonyl (C=O) groups is 1. The number of aromatic nitrogens is 1. The number of hydrogen-bond donors (Lipinski definition) is 1. The summed E-state index contributed by atoms with van der Waals surface area (Å²) in [7, 11) is 0. The third-order valence-electron chi connectivity index (χ3n) is 5.59. The summed E-state index contributed by atoms with van der Waals surface area (Å²) < 4.78 is 0. The van der Waals surface area contributed by atoms with Gasteiger partial charge in [-0.1, -0.05) is 56.0 Å². The quantitative estimate of drug-likeness (QED) is 0.608. The lowest BCUT2D eigenvalue weighted by atomic mass is 9.89. The van der Waals surface area contributed by atoms with Crippen molar-refractivity contribution in [2.24, 2.45) is 0 Å². The molecule has 1 aliphatic rings. The van der Waals surface area contributed by atoms with E-state index in [0.29, 0.717) is 18.1 Å². The van der Waals surface area contributed by atoms with Crippen molar-refractivity contribution in [1.29, 1.82) is 0 Å². The molecule has 1 fully saturated rings. The maximum atomic E-state index is 12.8. The van der Waals surface area contributed by atoms with Crippen LogP contribution in [0.3, 0.4) is 0 Å². The Labute approximate surface area is 183 Å². The molecule has 1 saturated heterocycles. The SMILES string of the molecule is C=C/C=C(\C(=C)CC)c1ccc(C2CCN(C(=O)c3ncccc3Cl)C2)c(CO)c1. The number of amides is 1. The number of nitrogens with zero attached hydrogens (tertiary/aromatic N) is 2. The number of rotatable bonds is 7. The third-order valence-corrected chi connectivity index (χ3v) is 5.90. The zero-order valence-corrected chi connectivity index (χ0v) is 18.0. The normalized spacial score (nSPS) is 16.6. The molecule has 2 heterocycles. The van der Waals surface area contributed by atoms with Crippen LogP contribution in [-0.4, -0.2) is 34.0 Å². The van der Waals surface area contributed by atoms with Crippen LogP contribution in [0.4, 0.5) is 0 Å².